The van der Waals surface area contributed by atoms with Crippen LogP contribution in [0.3, 0.4) is 0 Å². The molecule has 1 atom stereocenters. The van der Waals surface area contributed by atoms with Gasteiger partial charge in [-0.15, -0.1) is 0 Å². The molecule has 1 heterocycles. The Morgan fingerprint density at radius 3 is 2.28 bits per heavy atom. The molecule has 1 saturated heterocycles. The Labute approximate surface area is 144 Å². The predicted octanol–water partition coefficient (Wildman–Crippen LogP) is 2.63. The lowest BCUT2D eigenvalue weighted by Crippen LogP contribution is -2.32. The van der Waals surface area contributed by atoms with Crippen LogP contribution in [0.15, 0.2) is 48.5 Å². The third-order valence-corrected chi connectivity index (χ3v) is 4.32. The number of hydrogen-bond acceptors (Lipinski definition) is 2. The predicted molar refractivity (Wildman–Crippen MR) is 88.2 cm³/mol. The molecule has 0 saturated carbocycles. The number of hydrogen-bond donors (Lipinski definition) is 1. The van der Waals surface area contributed by atoms with Crippen LogP contribution in [-0.2, 0) is 22.7 Å². The zero-order valence-electron chi connectivity index (χ0n) is 13.5. The molecule has 2 amide bonds. The van der Waals surface area contributed by atoms with Crippen molar-refractivity contribution in [2.24, 2.45) is 5.92 Å². The van der Waals surface area contributed by atoms with Gasteiger partial charge in [0.25, 0.3) is 0 Å². The molecule has 6 heteroatoms. The van der Waals surface area contributed by atoms with E-state index >= 15 is 0 Å². The van der Waals surface area contributed by atoms with Crippen molar-refractivity contribution in [1.82, 2.24) is 10.2 Å². The van der Waals surface area contributed by atoms with E-state index in [1.54, 1.807) is 36.4 Å². The van der Waals surface area contributed by atoms with Crippen molar-refractivity contribution in [3.8, 4) is 0 Å². The lowest BCUT2D eigenvalue weighted by molar-refractivity contribution is -0.129. The number of nitrogens with one attached hydrogen (secondary N) is 1. The highest BCUT2D eigenvalue weighted by atomic mass is 19.1. The van der Waals surface area contributed by atoms with Crippen LogP contribution >= 0.6 is 0 Å². The number of likely N-dealkylation sites (tertiary alicyclic amines) is 1. The first-order valence-electron chi connectivity index (χ1n) is 8.07. The van der Waals surface area contributed by atoms with Gasteiger partial charge in [-0.2, -0.15) is 0 Å². The van der Waals surface area contributed by atoms with Gasteiger partial charge < -0.3 is 10.2 Å². The molecule has 1 fully saturated rings. The maximum atomic E-state index is 13.7. The zero-order valence-corrected chi connectivity index (χ0v) is 13.5. The summed E-state index contributed by atoms with van der Waals surface area (Å²) in [5.74, 6) is -1.75. The van der Waals surface area contributed by atoms with Crippen LogP contribution in [0.1, 0.15) is 17.5 Å². The largest absolute Gasteiger partial charge is 0.352 e. The summed E-state index contributed by atoms with van der Waals surface area (Å²) in [6.45, 7) is 0.447. The van der Waals surface area contributed by atoms with Gasteiger partial charge in [0, 0.05) is 37.2 Å². The summed E-state index contributed by atoms with van der Waals surface area (Å²) in [6.07, 6.45) is 0.0809. The molecule has 25 heavy (non-hydrogen) atoms. The molecule has 2 aromatic rings. The summed E-state index contributed by atoms with van der Waals surface area (Å²) >= 11 is 0. The van der Waals surface area contributed by atoms with Gasteiger partial charge in [0.2, 0.25) is 11.8 Å². The Balaban J connectivity index is 1.57. The molecule has 4 nitrogen and oxygen atoms in total. The first-order chi connectivity index (χ1) is 12.0. The summed E-state index contributed by atoms with van der Waals surface area (Å²) in [4.78, 5) is 25.8. The van der Waals surface area contributed by atoms with Gasteiger partial charge in [0.1, 0.15) is 11.6 Å². The molecule has 0 bridgehead atoms. The van der Waals surface area contributed by atoms with Crippen LogP contribution in [0.25, 0.3) is 0 Å². The van der Waals surface area contributed by atoms with Crippen LogP contribution in [-0.4, -0.2) is 23.3 Å². The van der Waals surface area contributed by atoms with Crippen molar-refractivity contribution in [1.29, 1.82) is 0 Å². The maximum Gasteiger partial charge on any atom is 0.225 e. The highest BCUT2D eigenvalue weighted by molar-refractivity contribution is 5.89. The molecule has 1 unspecified atom stereocenters. The molecule has 0 radical (unpaired) electrons. The van der Waals surface area contributed by atoms with E-state index in [1.807, 2.05) is 0 Å². The van der Waals surface area contributed by atoms with E-state index in [0.717, 1.165) is 0 Å². The number of rotatable bonds is 5. The monoisotopic (exact) mass is 344 g/mol. The Hall–Kier alpha value is -2.76. The quantitative estimate of drug-likeness (QED) is 0.906. The van der Waals surface area contributed by atoms with Crippen LogP contribution in [0, 0.1) is 17.6 Å². The van der Waals surface area contributed by atoms with Crippen molar-refractivity contribution >= 4 is 11.8 Å². The van der Waals surface area contributed by atoms with Crippen LogP contribution in [0.2, 0.25) is 0 Å². The van der Waals surface area contributed by atoms with E-state index in [1.165, 1.54) is 17.0 Å². The third-order valence-electron chi connectivity index (χ3n) is 4.32. The minimum atomic E-state index is -0.508. The summed E-state index contributed by atoms with van der Waals surface area (Å²) in [6, 6.07) is 12.5. The zero-order chi connectivity index (χ0) is 17.8. The molecular formula is C19H18F2N2O2. The highest BCUT2D eigenvalue weighted by Crippen LogP contribution is 2.21. The molecule has 130 valence electrons. The number of carbonyl (C=O) groups is 2. The van der Waals surface area contributed by atoms with Gasteiger partial charge in [-0.1, -0.05) is 36.4 Å². The van der Waals surface area contributed by atoms with Gasteiger partial charge in [0.15, 0.2) is 0 Å². The lowest BCUT2D eigenvalue weighted by Gasteiger charge is -2.17. The second kappa shape index (κ2) is 7.42. The number of nitrogens with zero attached hydrogens (tertiary/aromatic N) is 1. The standard InChI is InChI=1S/C19H18F2N2O2/c20-16-7-3-1-5-13(16)10-22-19(25)15-9-18(24)23(12-15)11-14-6-2-4-8-17(14)21/h1-8,15H,9-12H2,(H,22,25). The van der Waals surface area contributed by atoms with Crippen molar-refractivity contribution in [2.75, 3.05) is 6.54 Å². The Bertz CT molecular complexity index is 794. The number of benzene rings is 2. The fourth-order valence-corrected chi connectivity index (χ4v) is 2.90. The average Bonchev–Trinajstić information content (AvgIpc) is 2.97. The fraction of sp³-hybridized carbons (Fsp3) is 0.263. The van der Waals surface area contributed by atoms with Gasteiger partial charge in [0.05, 0.1) is 5.92 Å². The fourth-order valence-electron chi connectivity index (χ4n) is 2.90. The highest BCUT2D eigenvalue weighted by Gasteiger charge is 2.34. The smallest absolute Gasteiger partial charge is 0.225 e. The van der Waals surface area contributed by atoms with E-state index in [0.29, 0.717) is 11.1 Å². The average molecular weight is 344 g/mol. The molecule has 0 aromatic heterocycles. The lowest BCUT2D eigenvalue weighted by atomic mass is 10.1. The molecule has 0 aliphatic carbocycles. The van der Waals surface area contributed by atoms with Gasteiger partial charge in [-0.3, -0.25) is 9.59 Å². The van der Waals surface area contributed by atoms with Gasteiger partial charge in [-0.05, 0) is 12.1 Å². The SMILES string of the molecule is O=C(NCc1ccccc1F)C1CC(=O)N(Cc2ccccc2F)C1. The number of carbonyl (C=O) groups excluding carboxylic acids is 2. The topological polar surface area (TPSA) is 49.4 Å². The summed E-state index contributed by atoms with van der Waals surface area (Å²) in [5.41, 5.74) is 0.812. The number of amides is 2. The van der Waals surface area contributed by atoms with Crippen LogP contribution < -0.4 is 5.32 Å². The van der Waals surface area contributed by atoms with E-state index in [2.05, 4.69) is 5.32 Å². The van der Waals surface area contributed by atoms with Gasteiger partial charge in [-0.25, -0.2) is 8.78 Å². The molecular weight excluding hydrogens is 326 g/mol. The minimum absolute atomic E-state index is 0.0729. The van der Waals surface area contributed by atoms with Crippen LogP contribution in [0.4, 0.5) is 8.78 Å². The first-order valence-corrected chi connectivity index (χ1v) is 8.07. The number of halogens is 2. The Kier molecular flexibility index (Phi) is 5.07. The summed E-state index contributed by atoms with van der Waals surface area (Å²) < 4.78 is 27.3. The Morgan fingerprint density at radius 2 is 1.64 bits per heavy atom. The van der Waals surface area contributed by atoms with Crippen molar-refractivity contribution in [3.63, 3.8) is 0 Å². The van der Waals surface area contributed by atoms with E-state index < -0.39 is 5.92 Å². The van der Waals surface area contributed by atoms with E-state index in [9.17, 15) is 18.4 Å². The normalized spacial score (nSPS) is 17.0. The van der Waals surface area contributed by atoms with Gasteiger partial charge >= 0.3 is 0 Å². The molecule has 1 aliphatic heterocycles. The third kappa shape index (κ3) is 4.02. The molecule has 0 spiro atoms. The van der Waals surface area contributed by atoms with Crippen LogP contribution in [0.5, 0.6) is 0 Å². The van der Waals surface area contributed by atoms with E-state index in [4.69, 9.17) is 0 Å². The second-order valence-electron chi connectivity index (χ2n) is 6.08. The van der Waals surface area contributed by atoms with Crippen molar-refractivity contribution in [3.05, 3.63) is 71.3 Å². The first kappa shape index (κ1) is 17.1. The summed E-state index contributed by atoms with van der Waals surface area (Å²) in [7, 11) is 0. The molecule has 3 rings (SSSR count). The minimum Gasteiger partial charge on any atom is -0.352 e. The Morgan fingerprint density at radius 1 is 1.04 bits per heavy atom. The van der Waals surface area contributed by atoms with Crippen molar-refractivity contribution < 1.29 is 18.4 Å². The second-order valence-corrected chi connectivity index (χ2v) is 6.08. The van der Waals surface area contributed by atoms with E-state index in [-0.39, 0.29) is 49.5 Å². The molecule has 2 aromatic carbocycles. The molecule has 1 N–H and O–H groups in total. The van der Waals surface area contributed by atoms with Crippen molar-refractivity contribution in [2.45, 2.75) is 19.5 Å². The molecule has 1 aliphatic rings. The summed E-state index contributed by atoms with van der Waals surface area (Å²) in [5, 5.41) is 2.67. The maximum absolute atomic E-state index is 13.7.